The van der Waals surface area contributed by atoms with Crippen LogP contribution in [-0.2, 0) is 13.5 Å². The number of Topliss-reactive ketones (excluding diaryl/α,β-unsaturated/α-hetero) is 1. The van der Waals surface area contributed by atoms with Crippen molar-refractivity contribution in [3.05, 3.63) is 17.5 Å². The molecule has 80 valence electrons. The molecule has 2 aliphatic carbocycles. The molecule has 0 bridgehead atoms. The second-order valence-corrected chi connectivity index (χ2v) is 4.99. The topological polar surface area (TPSA) is 34.9 Å². The maximum absolute atomic E-state index is 12.4. The van der Waals surface area contributed by atoms with Crippen molar-refractivity contribution >= 4 is 5.78 Å². The van der Waals surface area contributed by atoms with Gasteiger partial charge in [-0.2, -0.15) is 5.10 Å². The minimum atomic E-state index is -0.0264. The number of hydrogen-bond acceptors (Lipinski definition) is 2. The van der Waals surface area contributed by atoms with Gasteiger partial charge in [0, 0.05) is 24.2 Å². The highest BCUT2D eigenvalue weighted by atomic mass is 16.1. The summed E-state index contributed by atoms with van der Waals surface area (Å²) in [4.78, 5) is 12.4. The number of nitrogens with zero attached hydrogens (tertiary/aromatic N) is 2. The molecule has 0 aromatic carbocycles. The molecule has 1 fully saturated rings. The quantitative estimate of drug-likeness (QED) is 0.648. The molecular formula is C12H16N2O. The Kier molecular flexibility index (Phi) is 1.79. The Morgan fingerprint density at radius 1 is 1.33 bits per heavy atom. The lowest BCUT2D eigenvalue weighted by atomic mass is 9.71. The van der Waals surface area contributed by atoms with Gasteiger partial charge in [-0.15, -0.1) is 0 Å². The van der Waals surface area contributed by atoms with E-state index in [0.29, 0.717) is 5.78 Å². The number of aromatic nitrogens is 2. The van der Waals surface area contributed by atoms with Crippen LogP contribution in [0.15, 0.2) is 6.20 Å². The molecule has 3 nitrogen and oxygen atoms in total. The van der Waals surface area contributed by atoms with E-state index in [1.165, 1.54) is 12.8 Å². The molecule has 0 radical (unpaired) electrons. The van der Waals surface area contributed by atoms with E-state index in [9.17, 15) is 4.79 Å². The van der Waals surface area contributed by atoms with Crippen LogP contribution in [0.25, 0.3) is 0 Å². The number of carbonyl (C=O) groups is 1. The molecule has 1 saturated carbocycles. The number of fused-ring (bicyclic) bond motifs is 1. The minimum absolute atomic E-state index is 0.0264. The number of aryl methyl sites for hydroxylation is 2. The van der Waals surface area contributed by atoms with Gasteiger partial charge in [0.25, 0.3) is 0 Å². The lowest BCUT2D eigenvalue weighted by Gasteiger charge is -2.30. The summed E-state index contributed by atoms with van der Waals surface area (Å²) in [6, 6.07) is 0. The van der Waals surface area contributed by atoms with E-state index >= 15 is 0 Å². The van der Waals surface area contributed by atoms with Crippen molar-refractivity contribution in [2.24, 2.45) is 12.5 Å². The SMILES string of the molecule is Cn1cc2c(n1)C(=O)C1(CCCC1)CC2. The summed E-state index contributed by atoms with van der Waals surface area (Å²) >= 11 is 0. The maximum atomic E-state index is 12.4. The van der Waals surface area contributed by atoms with Crippen LogP contribution >= 0.6 is 0 Å². The Bertz CT molecular complexity index is 413. The summed E-state index contributed by atoms with van der Waals surface area (Å²) < 4.78 is 1.77. The number of rotatable bonds is 0. The van der Waals surface area contributed by atoms with Gasteiger partial charge in [0.05, 0.1) is 0 Å². The molecule has 0 unspecified atom stereocenters. The zero-order valence-corrected chi connectivity index (χ0v) is 9.12. The molecule has 0 amide bonds. The van der Waals surface area contributed by atoms with Crippen molar-refractivity contribution in [2.45, 2.75) is 38.5 Å². The van der Waals surface area contributed by atoms with Gasteiger partial charge < -0.3 is 0 Å². The van der Waals surface area contributed by atoms with Crippen LogP contribution in [-0.4, -0.2) is 15.6 Å². The smallest absolute Gasteiger partial charge is 0.189 e. The third-order valence-electron chi connectivity index (χ3n) is 4.03. The fourth-order valence-electron chi connectivity index (χ4n) is 3.18. The lowest BCUT2D eigenvalue weighted by molar-refractivity contribution is 0.0759. The van der Waals surface area contributed by atoms with Crippen molar-refractivity contribution < 1.29 is 4.79 Å². The highest BCUT2D eigenvalue weighted by Gasteiger charge is 2.45. The third kappa shape index (κ3) is 1.18. The molecule has 3 rings (SSSR count). The average molecular weight is 204 g/mol. The lowest BCUT2D eigenvalue weighted by Crippen LogP contribution is -2.33. The molecule has 1 heterocycles. The third-order valence-corrected chi connectivity index (χ3v) is 4.03. The van der Waals surface area contributed by atoms with Gasteiger partial charge in [-0.3, -0.25) is 9.48 Å². The largest absolute Gasteiger partial charge is 0.292 e. The van der Waals surface area contributed by atoms with Crippen LogP contribution in [0.4, 0.5) is 0 Å². The Balaban J connectivity index is 2.05. The van der Waals surface area contributed by atoms with Gasteiger partial charge >= 0.3 is 0 Å². The second kappa shape index (κ2) is 2.94. The molecule has 1 aromatic rings. The van der Waals surface area contributed by atoms with E-state index in [-0.39, 0.29) is 5.41 Å². The van der Waals surface area contributed by atoms with E-state index in [1.54, 1.807) is 4.68 Å². The summed E-state index contributed by atoms with van der Waals surface area (Å²) in [6.07, 6.45) is 8.68. The minimum Gasteiger partial charge on any atom is -0.292 e. The van der Waals surface area contributed by atoms with Gasteiger partial charge in [-0.1, -0.05) is 12.8 Å². The van der Waals surface area contributed by atoms with Crippen LogP contribution in [0, 0.1) is 5.41 Å². The van der Waals surface area contributed by atoms with Gasteiger partial charge in [0.2, 0.25) is 0 Å². The Hall–Kier alpha value is -1.12. The summed E-state index contributed by atoms with van der Waals surface area (Å²) in [6.45, 7) is 0. The molecule has 0 atom stereocenters. The van der Waals surface area contributed by atoms with Crippen molar-refractivity contribution in [1.82, 2.24) is 9.78 Å². The zero-order valence-electron chi connectivity index (χ0n) is 9.12. The summed E-state index contributed by atoms with van der Waals surface area (Å²) in [5, 5.41) is 4.32. The first kappa shape index (κ1) is 9.13. The Morgan fingerprint density at radius 3 is 2.80 bits per heavy atom. The molecule has 0 aliphatic heterocycles. The molecular weight excluding hydrogens is 188 g/mol. The molecule has 15 heavy (non-hydrogen) atoms. The number of carbonyl (C=O) groups excluding carboxylic acids is 1. The van der Waals surface area contributed by atoms with Gasteiger partial charge in [-0.25, -0.2) is 0 Å². The van der Waals surface area contributed by atoms with Crippen LogP contribution in [0.2, 0.25) is 0 Å². The van der Waals surface area contributed by atoms with Crippen LogP contribution in [0.5, 0.6) is 0 Å². The van der Waals surface area contributed by atoms with Crippen LogP contribution in [0.1, 0.15) is 48.2 Å². The van der Waals surface area contributed by atoms with Gasteiger partial charge in [-0.05, 0) is 25.7 Å². The summed E-state index contributed by atoms with van der Waals surface area (Å²) in [7, 11) is 1.90. The van der Waals surface area contributed by atoms with E-state index in [2.05, 4.69) is 5.10 Å². The van der Waals surface area contributed by atoms with Gasteiger partial charge in [0.1, 0.15) is 5.69 Å². The van der Waals surface area contributed by atoms with E-state index in [1.807, 2.05) is 13.2 Å². The monoisotopic (exact) mass is 204 g/mol. The van der Waals surface area contributed by atoms with E-state index in [0.717, 1.165) is 36.9 Å². The van der Waals surface area contributed by atoms with E-state index < -0.39 is 0 Å². The number of hydrogen-bond donors (Lipinski definition) is 0. The first-order valence-electron chi connectivity index (χ1n) is 5.79. The predicted octanol–water partition coefficient (Wildman–Crippen LogP) is 2.11. The fourth-order valence-corrected chi connectivity index (χ4v) is 3.18. The Morgan fingerprint density at radius 2 is 2.07 bits per heavy atom. The van der Waals surface area contributed by atoms with Crippen LogP contribution < -0.4 is 0 Å². The molecule has 3 heteroatoms. The van der Waals surface area contributed by atoms with Crippen molar-refractivity contribution in [2.75, 3.05) is 0 Å². The standard InChI is InChI=1S/C12H16N2O/c1-14-8-9-4-7-12(5-2-3-6-12)11(15)10(9)13-14/h8H,2-7H2,1H3. The number of ketones is 1. The molecule has 0 N–H and O–H groups in total. The Labute approximate surface area is 89.5 Å². The molecule has 2 aliphatic rings. The van der Waals surface area contributed by atoms with Crippen molar-refractivity contribution in [1.29, 1.82) is 0 Å². The highest BCUT2D eigenvalue weighted by molar-refractivity contribution is 6.01. The zero-order chi connectivity index (χ0) is 10.5. The fraction of sp³-hybridized carbons (Fsp3) is 0.667. The first-order chi connectivity index (χ1) is 7.21. The average Bonchev–Trinajstić information content (AvgIpc) is 2.80. The molecule has 0 saturated heterocycles. The second-order valence-electron chi connectivity index (χ2n) is 4.99. The predicted molar refractivity (Wildman–Crippen MR) is 56.8 cm³/mol. The summed E-state index contributed by atoms with van der Waals surface area (Å²) in [5.41, 5.74) is 1.88. The summed E-state index contributed by atoms with van der Waals surface area (Å²) in [5.74, 6) is 0.321. The van der Waals surface area contributed by atoms with Crippen LogP contribution in [0.3, 0.4) is 0 Å². The maximum Gasteiger partial charge on any atom is 0.189 e. The molecule has 1 aromatic heterocycles. The normalized spacial score (nSPS) is 23.4. The van der Waals surface area contributed by atoms with Gasteiger partial charge in [0.15, 0.2) is 5.78 Å². The van der Waals surface area contributed by atoms with Crippen molar-refractivity contribution in [3.8, 4) is 0 Å². The highest BCUT2D eigenvalue weighted by Crippen LogP contribution is 2.47. The van der Waals surface area contributed by atoms with Crippen molar-refractivity contribution in [3.63, 3.8) is 0 Å². The van der Waals surface area contributed by atoms with E-state index in [4.69, 9.17) is 0 Å². The first-order valence-corrected chi connectivity index (χ1v) is 5.79. The molecule has 1 spiro atoms.